The quantitative estimate of drug-likeness (QED) is 0.729. The van der Waals surface area contributed by atoms with Gasteiger partial charge in [0.1, 0.15) is 11.0 Å². The van der Waals surface area contributed by atoms with E-state index in [2.05, 4.69) is 15.0 Å². The Bertz CT molecular complexity index is 814. The summed E-state index contributed by atoms with van der Waals surface area (Å²) in [6.45, 7) is 1.85. The maximum Gasteiger partial charge on any atom is 0.220 e. The zero-order valence-corrected chi connectivity index (χ0v) is 12.5. The molecule has 0 amide bonds. The van der Waals surface area contributed by atoms with Crippen LogP contribution in [0, 0.1) is 12.7 Å². The number of hydrogen-bond donors (Lipinski definition) is 1. The van der Waals surface area contributed by atoms with Gasteiger partial charge in [0.05, 0.1) is 5.69 Å². The molecule has 3 aromatic rings. The van der Waals surface area contributed by atoms with E-state index >= 15 is 0 Å². The number of benzene rings is 1. The second-order valence-corrected chi connectivity index (χ2v) is 5.20. The molecule has 0 saturated carbocycles. The maximum atomic E-state index is 13.1. The zero-order chi connectivity index (χ0) is 15.7. The highest BCUT2D eigenvalue weighted by atomic mass is 35.5. The molecule has 0 saturated heterocycles. The van der Waals surface area contributed by atoms with Crippen LogP contribution < -0.4 is 5.73 Å². The largest absolute Gasteiger partial charge is 0.368 e. The lowest BCUT2D eigenvalue weighted by molar-refractivity contribution is 0.628. The van der Waals surface area contributed by atoms with Crippen molar-refractivity contribution in [2.75, 3.05) is 5.73 Å². The molecule has 0 atom stereocenters. The third-order valence-electron chi connectivity index (χ3n) is 3.16. The smallest absolute Gasteiger partial charge is 0.220 e. The van der Waals surface area contributed by atoms with Crippen LogP contribution in [-0.4, -0.2) is 15.0 Å². The summed E-state index contributed by atoms with van der Waals surface area (Å²) in [5.41, 5.74) is 9.43. The van der Waals surface area contributed by atoms with Crippen LogP contribution in [0.25, 0.3) is 22.4 Å². The summed E-state index contributed by atoms with van der Waals surface area (Å²) in [4.78, 5) is 12.5. The van der Waals surface area contributed by atoms with E-state index in [-0.39, 0.29) is 11.8 Å². The average molecular weight is 315 g/mol. The number of nitrogens with two attached hydrogens (primary N) is 1. The molecule has 3 rings (SSSR count). The molecule has 0 aliphatic rings. The first-order valence-electron chi connectivity index (χ1n) is 6.56. The highest BCUT2D eigenvalue weighted by Gasteiger charge is 2.12. The van der Waals surface area contributed by atoms with Crippen LogP contribution in [0.4, 0.5) is 10.3 Å². The van der Waals surface area contributed by atoms with Gasteiger partial charge in [-0.3, -0.25) is 0 Å². The molecule has 0 unspecified atom stereocenters. The number of pyridine rings is 1. The van der Waals surface area contributed by atoms with Crippen LogP contribution >= 0.6 is 11.6 Å². The highest BCUT2D eigenvalue weighted by molar-refractivity contribution is 6.29. The van der Waals surface area contributed by atoms with E-state index in [1.807, 2.05) is 13.0 Å². The maximum absolute atomic E-state index is 13.1. The van der Waals surface area contributed by atoms with Crippen molar-refractivity contribution in [2.24, 2.45) is 0 Å². The molecule has 22 heavy (non-hydrogen) atoms. The van der Waals surface area contributed by atoms with Crippen LogP contribution in [0.2, 0.25) is 5.15 Å². The molecule has 2 heterocycles. The van der Waals surface area contributed by atoms with Crippen molar-refractivity contribution in [3.8, 4) is 22.4 Å². The minimum absolute atomic E-state index is 0.153. The van der Waals surface area contributed by atoms with E-state index in [0.29, 0.717) is 10.8 Å². The minimum Gasteiger partial charge on any atom is -0.368 e. The van der Waals surface area contributed by atoms with E-state index < -0.39 is 0 Å². The zero-order valence-electron chi connectivity index (χ0n) is 11.7. The predicted octanol–water partition coefficient (Wildman–Crippen LogP) is 3.89. The summed E-state index contributed by atoms with van der Waals surface area (Å²) >= 11 is 6.02. The van der Waals surface area contributed by atoms with Crippen molar-refractivity contribution in [3.05, 3.63) is 59.3 Å². The third-order valence-corrected chi connectivity index (χ3v) is 3.35. The lowest BCUT2D eigenvalue weighted by Crippen LogP contribution is -1.99. The van der Waals surface area contributed by atoms with E-state index in [1.165, 1.54) is 12.1 Å². The van der Waals surface area contributed by atoms with Crippen molar-refractivity contribution in [1.82, 2.24) is 15.0 Å². The van der Waals surface area contributed by atoms with Gasteiger partial charge in [-0.15, -0.1) is 0 Å². The second-order valence-electron chi connectivity index (χ2n) is 4.82. The summed E-state index contributed by atoms with van der Waals surface area (Å²) in [5, 5.41) is 0.386. The Morgan fingerprint density at radius 3 is 2.45 bits per heavy atom. The van der Waals surface area contributed by atoms with Crippen LogP contribution in [0.15, 0.2) is 42.6 Å². The molecule has 1 aromatic carbocycles. The number of rotatable bonds is 2. The first-order chi connectivity index (χ1) is 10.5. The molecule has 2 N–H and O–H groups in total. The van der Waals surface area contributed by atoms with Gasteiger partial charge in [-0.05, 0) is 48.9 Å². The Balaban J connectivity index is 2.22. The van der Waals surface area contributed by atoms with Crippen molar-refractivity contribution in [1.29, 1.82) is 0 Å². The molecule has 110 valence electrons. The van der Waals surface area contributed by atoms with Gasteiger partial charge < -0.3 is 5.73 Å². The van der Waals surface area contributed by atoms with Gasteiger partial charge >= 0.3 is 0 Å². The summed E-state index contributed by atoms with van der Waals surface area (Å²) in [6.07, 6.45) is 1.63. The monoisotopic (exact) mass is 314 g/mol. The molecule has 6 heteroatoms. The molecule has 0 aliphatic heterocycles. The number of nitrogen functional groups attached to an aromatic ring is 1. The Kier molecular flexibility index (Phi) is 3.73. The normalized spacial score (nSPS) is 10.7. The topological polar surface area (TPSA) is 64.7 Å². The lowest BCUT2D eigenvalue weighted by Gasteiger charge is -2.10. The number of aryl methyl sites for hydroxylation is 1. The van der Waals surface area contributed by atoms with Crippen molar-refractivity contribution >= 4 is 17.5 Å². The first kappa shape index (κ1) is 14.4. The number of aromatic nitrogens is 3. The van der Waals surface area contributed by atoms with Crippen molar-refractivity contribution in [3.63, 3.8) is 0 Å². The predicted molar refractivity (Wildman–Crippen MR) is 84.8 cm³/mol. The number of hydrogen-bond acceptors (Lipinski definition) is 4. The van der Waals surface area contributed by atoms with Gasteiger partial charge in [-0.2, -0.15) is 0 Å². The number of anilines is 1. The Morgan fingerprint density at radius 1 is 1.05 bits per heavy atom. The summed E-state index contributed by atoms with van der Waals surface area (Å²) in [7, 11) is 0. The van der Waals surface area contributed by atoms with Crippen molar-refractivity contribution < 1.29 is 4.39 Å². The molecular formula is C16H12ClFN4. The standard InChI is InChI=1S/C16H12ClFN4/c1-9-6-11(7-14(17)21-9)13-8-20-16(19)22-15(13)10-2-4-12(18)5-3-10/h2-8H,1H3,(H2,19,20,22). The van der Waals surface area contributed by atoms with E-state index in [9.17, 15) is 4.39 Å². The van der Waals surface area contributed by atoms with E-state index in [0.717, 1.165) is 22.4 Å². The van der Waals surface area contributed by atoms with Gasteiger partial charge in [0.15, 0.2) is 0 Å². The SMILES string of the molecule is Cc1cc(-c2cnc(N)nc2-c2ccc(F)cc2)cc(Cl)n1. The van der Waals surface area contributed by atoms with E-state index in [1.54, 1.807) is 24.4 Å². The molecular weight excluding hydrogens is 303 g/mol. The lowest BCUT2D eigenvalue weighted by atomic mass is 10.0. The minimum atomic E-state index is -0.310. The fraction of sp³-hybridized carbons (Fsp3) is 0.0625. The molecule has 0 spiro atoms. The van der Waals surface area contributed by atoms with Gasteiger partial charge in [0, 0.05) is 23.0 Å². The van der Waals surface area contributed by atoms with Crippen LogP contribution in [0.5, 0.6) is 0 Å². The van der Waals surface area contributed by atoms with Gasteiger partial charge in [-0.1, -0.05) is 11.6 Å². The van der Waals surface area contributed by atoms with Gasteiger partial charge in [0.25, 0.3) is 0 Å². The fourth-order valence-electron chi connectivity index (χ4n) is 2.22. The first-order valence-corrected chi connectivity index (χ1v) is 6.94. The Labute approximate surface area is 131 Å². The van der Waals surface area contributed by atoms with Crippen LogP contribution in [0.3, 0.4) is 0 Å². The molecule has 0 bridgehead atoms. The Morgan fingerprint density at radius 2 is 1.77 bits per heavy atom. The second kappa shape index (κ2) is 5.69. The van der Waals surface area contributed by atoms with Crippen LogP contribution in [0.1, 0.15) is 5.69 Å². The fourth-order valence-corrected chi connectivity index (χ4v) is 2.47. The number of nitrogens with zero attached hydrogens (tertiary/aromatic N) is 3. The van der Waals surface area contributed by atoms with Crippen molar-refractivity contribution in [2.45, 2.75) is 6.92 Å². The molecule has 0 radical (unpaired) electrons. The van der Waals surface area contributed by atoms with Gasteiger partial charge in [-0.25, -0.2) is 19.3 Å². The summed E-state index contributed by atoms with van der Waals surface area (Å²) in [5.74, 6) is -0.157. The highest BCUT2D eigenvalue weighted by Crippen LogP contribution is 2.31. The van der Waals surface area contributed by atoms with E-state index in [4.69, 9.17) is 17.3 Å². The Hall–Kier alpha value is -2.53. The summed E-state index contributed by atoms with van der Waals surface area (Å²) in [6, 6.07) is 9.67. The van der Waals surface area contributed by atoms with Gasteiger partial charge in [0.2, 0.25) is 5.95 Å². The average Bonchev–Trinajstić information content (AvgIpc) is 2.47. The molecule has 0 aliphatic carbocycles. The third kappa shape index (κ3) is 2.89. The molecule has 2 aromatic heterocycles. The molecule has 0 fully saturated rings. The number of halogens is 2. The molecule has 4 nitrogen and oxygen atoms in total. The van der Waals surface area contributed by atoms with Crippen LogP contribution in [-0.2, 0) is 0 Å². The summed E-state index contributed by atoms with van der Waals surface area (Å²) < 4.78 is 13.1.